The molecular weight excluding hydrogens is 266 g/mol. The molecular formula is C17H25NO3. The van der Waals surface area contributed by atoms with Crippen molar-refractivity contribution in [3.05, 3.63) is 29.8 Å². The maximum absolute atomic E-state index is 5.85. The molecule has 116 valence electrons. The molecule has 1 saturated heterocycles. The molecule has 0 spiro atoms. The van der Waals surface area contributed by atoms with Gasteiger partial charge in [0.1, 0.15) is 0 Å². The second-order valence-electron chi connectivity index (χ2n) is 5.07. The van der Waals surface area contributed by atoms with Crippen molar-refractivity contribution in [1.82, 2.24) is 4.90 Å². The molecule has 2 rings (SSSR count). The number of ether oxygens (including phenoxy) is 3. The zero-order valence-corrected chi connectivity index (χ0v) is 13.0. The highest BCUT2D eigenvalue weighted by Gasteiger charge is 2.10. The second kappa shape index (κ2) is 8.70. The van der Waals surface area contributed by atoms with Gasteiger partial charge in [-0.1, -0.05) is 18.2 Å². The Morgan fingerprint density at radius 2 is 2.05 bits per heavy atom. The average molecular weight is 291 g/mol. The molecule has 0 aliphatic carbocycles. The van der Waals surface area contributed by atoms with E-state index in [9.17, 15) is 0 Å². The second-order valence-corrected chi connectivity index (χ2v) is 5.07. The number of methoxy groups -OCH3 is 1. The Kier molecular flexibility index (Phi) is 6.57. The molecule has 0 saturated carbocycles. The van der Waals surface area contributed by atoms with Gasteiger partial charge >= 0.3 is 0 Å². The molecule has 0 atom stereocenters. The van der Waals surface area contributed by atoms with Crippen molar-refractivity contribution >= 4 is 6.08 Å². The van der Waals surface area contributed by atoms with Crippen LogP contribution in [-0.4, -0.2) is 51.5 Å². The Hall–Kier alpha value is -1.52. The van der Waals surface area contributed by atoms with E-state index in [4.69, 9.17) is 14.2 Å². The number of benzene rings is 1. The summed E-state index contributed by atoms with van der Waals surface area (Å²) in [5.41, 5.74) is 1.12. The molecule has 0 amide bonds. The van der Waals surface area contributed by atoms with Crippen LogP contribution >= 0.6 is 0 Å². The van der Waals surface area contributed by atoms with E-state index >= 15 is 0 Å². The lowest BCUT2D eigenvalue weighted by Crippen LogP contribution is -2.37. The van der Waals surface area contributed by atoms with Gasteiger partial charge in [0.2, 0.25) is 0 Å². The standard InChI is InChI=1S/C17H25NO3/c1-3-5-15-6-7-16(17(14-15)19-2)21-11-4-8-18-9-12-20-13-10-18/h3,5-7,14H,4,8-13H2,1-2H3. The molecule has 1 aromatic carbocycles. The fraction of sp³-hybridized carbons (Fsp3) is 0.529. The maximum atomic E-state index is 5.85. The summed E-state index contributed by atoms with van der Waals surface area (Å²) in [4.78, 5) is 2.42. The lowest BCUT2D eigenvalue weighted by Gasteiger charge is -2.26. The molecule has 21 heavy (non-hydrogen) atoms. The van der Waals surface area contributed by atoms with E-state index in [1.54, 1.807) is 7.11 Å². The molecule has 0 radical (unpaired) electrons. The highest BCUT2D eigenvalue weighted by molar-refractivity contribution is 5.55. The SMILES string of the molecule is CC=Cc1ccc(OCCCN2CCOCC2)c(OC)c1. The van der Waals surface area contributed by atoms with Crippen LogP contribution < -0.4 is 9.47 Å². The molecule has 0 unspecified atom stereocenters. The molecule has 0 bridgehead atoms. The van der Waals surface area contributed by atoms with Crippen LogP contribution in [0.3, 0.4) is 0 Å². The summed E-state index contributed by atoms with van der Waals surface area (Å²) in [6, 6.07) is 6.01. The summed E-state index contributed by atoms with van der Waals surface area (Å²) in [7, 11) is 1.68. The Bertz CT molecular complexity index is 453. The summed E-state index contributed by atoms with van der Waals surface area (Å²) in [6.45, 7) is 7.52. The van der Waals surface area contributed by atoms with Gasteiger partial charge < -0.3 is 14.2 Å². The molecule has 4 heteroatoms. The molecule has 0 aromatic heterocycles. The van der Waals surface area contributed by atoms with E-state index in [2.05, 4.69) is 4.90 Å². The number of rotatable bonds is 7. The number of allylic oxidation sites excluding steroid dienone is 1. The third-order valence-electron chi connectivity index (χ3n) is 3.53. The van der Waals surface area contributed by atoms with Gasteiger partial charge in [0.25, 0.3) is 0 Å². The largest absolute Gasteiger partial charge is 0.493 e. The minimum absolute atomic E-state index is 0.705. The summed E-state index contributed by atoms with van der Waals surface area (Å²) in [6.07, 6.45) is 5.07. The molecule has 0 N–H and O–H groups in total. The van der Waals surface area contributed by atoms with Crippen LogP contribution in [-0.2, 0) is 4.74 Å². The monoisotopic (exact) mass is 291 g/mol. The fourth-order valence-corrected chi connectivity index (χ4v) is 2.39. The van der Waals surface area contributed by atoms with E-state index in [0.29, 0.717) is 6.61 Å². The predicted molar refractivity (Wildman–Crippen MR) is 85.1 cm³/mol. The van der Waals surface area contributed by atoms with Crippen LogP contribution in [0.1, 0.15) is 18.9 Å². The summed E-state index contributed by atoms with van der Waals surface area (Å²) in [5.74, 6) is 1.60. The number of morpholine rings is 1. The van der Waals surface area contributed by atoms with Crippen LogP contribution in [0.5, 0.6) is 11.5 Å². The number of hydrogen-bond donors (Lipinski definition) is 0. The Morgan fingerprint density at radius 3 is 2.76 bits per heavy atom. The molecule has 1 aliphatic rings. The molecule has 4 nitrogen and oxygen atoms in total. The molecule has 1 aliphatic heterocycles. The summed E-state index contributed by atoms with van der Waals surface area (Å²) < 4.78 is 16.6. The van der Waals surface area contributed by atoms with Crippen molar-refractivity contribution in [2.45, 2.75) is 13.3 Å². The van der Waals surface area contributed by atoms with Crippen LogP contribution in [0, 0.1) is 0 Å². The first kappa shape index (κ1) is 15.9. The van der Waals surface area contributed by atoms with E-state index in [1.165, 1.54) is 0 Å². The van der Waals surface area contributed by atoms with E-state index < -0.39 is 0 Å². The van der Waals surface area contributed by atoms with Crippen LogP contribution in [0.25, 0.3) is 6.08 Å². The Balaban J connectivity index is 1.79. The molecule has 1 fully saturated rings. The van der Waals surface area contributed by atoms with Crippen molar-refractivity contribution in [3.8, 4) is 11.5 Å². The van der Waals surface area contributed by atoms with Crippen molar-refractivity contribution in [1.29, 1.82) is 0 Å². The Morgan fingerprint density at radius 1 is 1.24 bits per heavy atom. The normalized spacial score (nSPS) is 16.3. The van der Waals surface area contributed by atoms with E-state index in [-0.39, 0.29) is 0 Å². The van der Waals surface area contributed by atoms with Gasteiger partial charge in [-0.15, -0.1) is 0 Å². The van der Waals surface area contributed by atoms with Crippen LogP contribution in [0.2, 0.25) is 0 Å². The van der Waals surface area contributed by atoms with Gasteiger partial charge in [-0.05, 0) is 31.0 Å². The third kappa shape index (κ3) is 5.06. The molecule has 1 aromatic rings. The minimum atomic E-state index is 0.705. The average Bonchev–Trinajstić information content (AvgIpc) is 2.53. The maximum Gasteiger partial charge on any atom is 0.161 e. The van der Waals surface area contributed by atoms with Crippen molar-refractivity contribution < 1.29 is 14.2 Å². The van der Waals surface area contributed by atoms with Gasteiger partial charge in [-0.25, -0.2) is 0 Å². The first-order valence-electron chi connectivity index (χ1n) is 7.57. The van der Waals surface area contributed by atoms with Crippen LogP contribution in [0.15, 0.2) is 24.3 Å². The third-order valence-corrected chi connectivity index (χ3v) is 3.53. The fourth-order valence-electron chi connectivity index (χ4n) is 2.39. The predicted octanol–water partition coefficient (Wildman–Crippen LogP) is 2.83. The van der Waals surface area contributed by atoms with E-state index in [0.717, 1.165) is 56.3 Å². The van der Waals surface area contributed by atoms with Gasteiger partial charge in [-0.3, -0.25) is 4.90 Å². The summed E-state index contributed by atoms with van der Waals surface area (Å²) in [5, 5.41) is 0. The first-order chi connectivity index (χ1) is 10.3. The van der Waals surface area contributed by atoms with Gasteiger partial charge in [0.15, 0.2) is 11.5 Å². The lowest BCUT2D eigenvalue weighted by atomic mass is 10.2. The quantitative estimate of drug-likeness (QED) is 0.723. The zero-order chi connectivity index (χ0) is 14.9. The smallest absolute Gasteiger partial charge is 0.161 e. The lowest BCUT2D eigenvalue weighted by molar-refractivity contribution is 0.0357. The number of hydrogen-bond acceptors (Lipinski definition) is 4. The van der Waals surface area contributed by atoms with Gasteiger partial charge in [0, 0.05) is 19.6 Å². The zero-order valence-electron chi connectivity index (χ0n) is 13.0. The topological polar surface area (TPSA) is 30.9 Å². The molecule has 1 heterocycles. The van der Waals surface area contributed by atoms with Crippen molar-refractivity contribution in [2.75, 3.05) is 46.6 Å². The Labute approximate surface area is 127 Å². The highest BCUT2D eigenvalue weighted by atomic mass is 16.5. The van der Waals surface area contributed by atoms with Crippen LogP contribution in [0.4, 0.5) is 0 Å². The minimum Gasteiger partial charge on any atom is -0.493 e. The van der Waals surface area contributed by atoms with E-state index in [1.807, 2.05) is 37.3 Å². The summed E-state index contributed by atoms with van der Waals surface area (Å²) >= 11 is 0. The first-order valence-corrected chi connectivity index (χ1v) is 7.57. The van der Waals surface area contributed by atoms with Gasteiger partial charge in [-0.2, -0.15) is 0 Å². The van der Waals surface area contributed by atoms with Crippen molar-refractivity contribution in [3.63, 3.8) is 0 Å². The highest BCUT2D eigenvalue weighted by Crippen LogP contribution is 2.28. The van der Waals surface area contributed by atoms with Crippen molar-refractivity contribution in [2.24, 2.45) is 0 Å². The number of nitrogens with zero attached hydrogens (tertiary/aromatic N) is 1. The van der Waals surface area contributed by atoms with Gasteiger partial charge in [0.05, 0.1) is 26.9 Å².